The second-order valence-electron chi connectivity index (χ2n) is 31.1. The summed E-state index contributed by atoms with van der Waals surface area (Å²) in [6.07, 6.45) is 10.9. The first-order chi connectivity index (χ1) is 69.0. The summed E-state index contributed by atoms with van der Waals surface area (Å²) in [4.78, 5) is 58.0. The molecule has 2 aliphatic heterocycles. The molecule has 0 unspecified atom stereocenters. The fraction of sp³-hybridized carbons (Fsp3) is 0.386. The second kappa shape index (κ2) is 105. The van der Waals surface area contributed by atoms with Crippen molar-refractivity contribution >= 4 is 123 Å². The lowest BCUT2D eigenvalue weighted by atomic mass is 9.90. The van der Waals surface area contributed by atoms with Crippen molar-refractivity contribution in [2.45, 2.75) is 179 Å². The van der Waals surface area contributed by atoms with Gasteiger partial charge in [0, 0.05) is 50.8 Å². The summed E-state index contributed by atoms with van der Waals surface area (Å²) >= 11 is 15.5. The molecule has 0 bridgehead atoms. The van der Waals surface area contributed by atoms with Crippen molar-refractivity contribution in [1.29, 1.82) is 0 Å². The Morgan fingerprint density at radius 3 is 0.692 bits per heavy atom. The van der Waals surface area contributed by atoms with E-state index >= 15 is 0 Å². The first kappa shape index (κ1) is 145. The number of rotatable bonds is 32. The average Bonchev–Trinajstić information content (AvgIpc) is 0.811. The number of aliphatic carboxylic acids is 3. The Kier molecular flexibility index (Phi) is 106. The number of ether oxygens (including phenoxy) is 3. The van der Waals surface area contributed by atoms with Crippen molar-refractivity contribution in [2.75, 3.05) is 96.9 Å². The Hall–Kier alpha value is -8.53. The highest BCUT2D eigenvalue weighted by Crippen LogP contribution is 2.34. The number of carbonyl (C=O) groups excluding carboxylic acids is 1. The van der Waals surface area contributed by atoms with Crippen LogP contribution in [-0.2, 0) is 109 Å². The molecule has 0 aromatic heterocycles. The number of carboxylic acids is 3. The molecule has 2 heterocycles. The minimum atomic E-state index is -2.02. The van der Waals surface area contributed by atoms with Gasteiger partial charge in [-0.1, -0.05) is 443 Å². The lowest BCUT2D eigenvalue weighted by Crippen LogP contribution is -2.44. The van der Waals surface area contributed by atoms with Crippen LogP contribution in [0.3, 0.4) is 0 Å². The maximum Gasteiger partial charge on any atom is 0.448 e. The summed E-state index contributed by atoms with van der Waals surface area (Å²) in [6, 6.07) is 106. The number of hydrogen-bond donors (Lipinski definition) is 10. The highest BCUT2D eigenvalue weighted by Gasteiger charge is 2.35. The van der Waals surface area contributed by atoms with Crippen LogP contribution in [0.25, 0.3) is 0 Å². The van der Waals surface area contributed by atoms with E-state index < -0.39 is 32.2 Å². The third kappa shape index (κ3) is 96.7. The zero-order chi connectivity index (χ0) is 109. The number of aliphatic hydroxyl groups excluding tert-OH is 1. The van der Waals surface area contributed by atoms with Gasteiger partial charge < -0.3 is 49.2 Å². The van der Waals surface area contributed by atoms with Crippen molar-refractivity contribution < 1.29 is 109 Å². The van der Waals surface area contributed by atoms with Crippen LogP contribution in [0.15, 0.2) is 330 Å². The molecule has 10 N–H and O–H groups in total. The molecule has 794 valence electrons. The van der Waals surface area contributed by atoms with E-state index in [0.29, 0.717) is 71.9 Å². The number of carbonyl (C=O) groups is 4. The van der Waals surface area contributed by atoms with Gasteiger partial charge in [-0.05, 0) is 197 Å². The van der Waals surface area contributed by atoms with Crippen molar-refractivity contribution in [2.24, 2.45) is 10.8 Å². The molecule has 22 nitrogen and oxygen atoms in total. The maximum atomic E-state index is 11.6. The zero-order valence-electron chi connectivity index (χ0n) is 86.8. The number of aryl methyl sites for hydroxylation is 10. The molecule has 13 rings (SSSR count). The number of alkyl halides is 3. The summed E-state index contributed by atoms with van der Waals surface area (Å²) in [5.74, 6) is 3.07. The quantitative estimate of drug-likeness (QED) is 0.00356. The van der Waals surface area contributed by atoms with Gasteiger partial charge in [-0.3, -0.25) is 40.2 Å². The van der Waals surface area contributed by atoms with E-state index in [1.165, 1.54) is 40.2 Å². The molecule has 0 saturated carbocycles. The summed E-state index contributed by atoms with van der Waals surface area (Å²) in [6.45, 7) is 30.3. The predicted octanol–water partition coefficient (Wildman–Crippen LogP) is 28.4. The van der Waals surface area contributed by atoms with Gasteiger partial charge in [0.1, 0.15) is 13.7 Å². The number of aliphatic hydroxyl groups is 1. The maximum absolute atomic E-state index is 11.6. The van der Waals surface area contributed by atoms with Gasteiger partial charge in [-0.15, -0.1) is 0 Å². The van der Waals surface area contributed by atoms with Gasteiger partial charge >= 0.3 is 31.0 Å². The van der Waals surface area contributed by atoms with Crippen LogP contribution in [-0.4, -0.2) is 179 Å². The third-order valence-electron chi connectivity index (χ3n) is 18.2. The van der Waals surface area contributed by atoms with Crippen molar-refractivity contribution in [3.63, 3.8) is 0 Å². The van der Waals surface area contributed by atoms with Crippen LogP contribution in [0.1, 0.15) is 162 Å². The molecule has 143 heavy (non-hydrogen) atoms. The van der Waals surface area contributed by atoms with Crippen molar-refractivity contribution in [3.8, 4) is 0 Å². The molecule has 11 aromatic rings. The summed E-state index contributed by atoms with van der Waals surface area (Å²) in [5, 5.41) is 82.1. The van der Waals surface area contributed by atoms with Crippen molar-refractivity contribution in [3.05, 3.63) is 386 Å². The molecule has 0 radical (unpaired) electrons. The normalized spacial score (nSPS) is 10.9. The lowest BCUT2D eigenvalue weighted by molar-refractivity contribution is -0.242. The topological polar surface area (TPSA) is 352 Å². The minimum absolute atomic E-state index is 0.0350. The SMILES string of the molecule is CB(O)O.CBr.CBr.CBr.CC.CC.CC.CC1(CO)COC1.CC1(COC(=O)CCc2ccc(Br)cc2)COC1.CP(C)(=O)c1ccccc1.Cc1ccccc1.Cc1ccccc1.O=C(O)CCc1ccc(Br)cc1.O=C(O)CCc1ccccc1.O=C(O)CCc1ccccc1.OOCCCc1ccccc1.OOCCCc1ccccc1.OOCCCc1ccccc1.OOCCCc1ccccc1. The molecular formula is C114H163BBr5O22P. The molecule has 0 aliphatic carbocycles. The van der Waals surface area contributed by atoms with E-state index in [1.54, 1.807) is 13.3 Å². The molecular weight excluding hydrogens is 2160 g/mol. The fourth-order valence-corrected chi connectivity index (χ4v) is 12.2. The smallest absolute Gasteiger partial charge is 0.448 e. The molecule has 29 heteroatoms. The third-order valence-corrected chi connectivity index (χ3v) is 20.8. The molecule has 2 fully saturated rings. The van der Waals surface area contributed by atoms with Crippen LogP contribution in [0, 0.1) is 24.7 Å². The number of esters is 1. The molecule has 0 amide bonds. The first-order valence-corrected chi connectivity index (χ1v) is 56.4. The first-order valence-electron chi connectivity index (χ1n) is 47.4. The Morgan fingerprint density at radius 1 is 0.336 bits per heavy atom. The summed E-state index contributed by atoms with van der Waals surface area (Å²) in [5.41, 5.74) is 12.3. The Morgan fingerprint density at radius 2 is 0.531 bits per heavy atom. The Labute approximate surface area is 897 Å². The summed E-state index contributed by atoms with van der Waals surface area (Å²) in [7, 11) is -3.18. The lowest BCUT2D eigenvalue weighted by Gasteiger charge is -2.37. The number of hydrogen-bond acceptors (Lipinski definition) is 19. The van der Waals surface area contributed by atoms with E-state index in [9.17, 15) is 23.7 Å². The van der Waals surface area contributed by atoms with Gasteiger partial charge in [0.15, 0.2) is 0 Å². The number of benzene rings is 11. The van der Waals surface area contributed by atoms with Crippen LogP contribution >= 0.6 is 86.8 Å². The average molecular weight is 2330 g/mol. The van der Waals surface area contributed by atoms with E-state index in [-0.39, 0.29) is 42.7 Å². The van der Waals surface area contributed by atoms with Crippen LogP contribution in [0.2, 0.25) is 6.82 Å². The molecule has 11 aromatic carbocycles. The standard InChI is InChI=1S/C14H17BrO3.C9H9BrO2.4C9H12O2.2C9H10O2.C8H11OP.2C7H8.C5H10O2.3C2H6.CH5BO2.3CH3Br/c1-14(8-17-9-14)10-18-13(16)7-4-11-2-5-12(15)6-3-11;10-8-4-1-7(2-5-8)3-6-9(11)12;4*10-11-8-4-7-9-5-2-1-3-6-9;2*10-9(11)7-6-8-4-2-1-3-5-8;1-10(2,9)8-6-4-3-5-7-8;2*1-7-5-3-2-4-6-7;1-5(2-6)3-7-4-5;3*1-2;1-2(3)4;3*1-2/h2-3,5-6H,4,7-10H2,1H3;1-2,4-5H,3,6H2,(H,11,12);4*1-3,5-6,10H,4,7-8H2;2*1-5H,6-7H2,(H,10,11);3-7H,1-2H3;2*2-6H,1H3;6H,2-4H2,1H3;3*1-2H3;3-4H,1H3;3*1H3. The summed E-state index contributed by atoms with van der Waals surface area (Å²) < 4.78 is 28.7. The molecule has 0 spiro atoms. The van der Waals surface area contributed by atoms with Crippen LogP contribution < -0.4 is 5.30 Å². The zero-order valence-corrected chi connectivity index (χ0v) is 95.6. The van der Waals surface area contributed by atoms with E-state index in [0.717, 1.165) is 108 Å². The molecule has 0 atom stereocenters. The Balaban J connectivity index is -0.000000355. The number of carboxylic acid groups (broad SMARTS) is 3. The molecule has 2 aliphatic rings. The predicted molar refractivity (Wildman–Crippen MR) is 609 cm³/mol. The highest BCUT2D eigenvalue weighted by atomic mass is 79.9. The highest BCUT2D eigenvalue weighted by molar-refractivity contribution is 9.11. The van der Waals surface area contributed by atoms with Crippen LogP contribution in [0.5, 0.6) is 0 Å². The van der Waals surface area contributed by atoms with E-state index in [2.05, 4.69) is 193 Å². The largest absolute Gasteiger partial charge is 0.481 e. The van der Waals surface area contributed by atoms with Gasteiger partial charge in [0.05, 0.1) is 59.5 Å². The van der Waals surface area contributed by atoms with Crippen LogP contribution in [0.4, 0.5) is 0 Å². The monoisotopic (exact) mass is 2320 g/mol. The fourth-order valence-electron chi connectivity index (χ4n) is 10.8. The minimum Gasteiger partial charge on any atom is -0.481 e. The van der Waals surface area contributed by atoms with Crippen molar-refractivity contribution in [1.82, 2.24) is 0 Å². The molecule has 2 saturated heterocycles. The van der Waals surface area contributed by atoms with Gasteiger partial charge in [0.25, 0.3) is 0 Å². The van der Waals surface area contributed by atoms with E-state index in [4.69, 9.17) is 65.7 Å². The Bertz CT molecular complexity index is 4310. The number of halogens is 5. The van der Waals surface area contributed by atoms with Gasteiger partial charge in [-0.25, -0.2) is 19.6 Å². The van der Waals surface area contributed by atoms with E-state index in [1.807, 2.05) is 315 Å². The van der Waals surface area contributed by atoms with Gasteiger partial charge in [0.2, 0.25) is 0 Å². The van der Waals surface area contributed by atoms with Gasteiger partial charge in [-0.2, -0.15) is 0 Å². The second-order valence-corrected chi connectivity index (χ2v) is 36.2.